The molecule has 3 rings (SSSR count). The van der Waals surface area contributed by atoms with Crippen molar-refractivity contribution in [1.29, 1.82) is 0 Å². The Morgan fingerprint density at radius 3 is 2.24 bits per heavy atom. The fraction of sp³-hybridized carbons (Fsp3) is 0.231. The van der Waals surface area contributed by atoms with E-state index in [1.807, 2.05) is 99.6 Å². The molecule has 0 amide bonds. The Bertz CT molecular complexity index is 956. The van der Waals surface area contributed by atoms with Crippen molar-refractivity contribution in [3.05, 3.63) is 107 Å². The van der Waals surface area contributed by atoms with E-state index in [-0.39, 0.29) is 17.2 Å². The van der Waals surface area contributed by atoms with Crippen LogP contribution in [-0.2, 0) is 6.42 Å². The maximum atomic E-state index is 15.3. The summed E-state index contributed by atoms with van der Waals surface area (Å²) >= 11 is 6.00. The van der Waals surface area contributed by atoms with Gasteiger partial charge in [-0.25, -0.2) is 4.39 Å². The molecule has 0 N–H and O–H groups in total. The third-order valence-corrected chi connectivity index (χ3v) is 5.01. The smallest absolute Gasteiger partial charge is 0.127 e. The molecule has 0 saturated carbocycles. The second-order valence-corrected chi connectivity index (χ2v) is 8.64. The molecule has 3 aromatic rings. The van der Waals surface area contributed by atoms with Crippen LogP contribution in [0.25, 0.3) is 0 Å². The van der Waals surface area contributed by atoms with Crippen LogP contribution >= 0.6 is 11.6 Å². The molecule has 0 saturated heterocycles. The van der Waals surface area contributed by atoms with Gasteiger partial charge in [-0.15, -0.1) is 0 Å². The zero-order valence-electron chi connectivity index (χ0n) is 17.0. The van der Waals surface area contributed by atoms with E-state index >= 15 is 4.39 Å². The fourth-order valence-corrected chi connectivity index (χ4v) is 3.55. The van der Waals surface area contributed by atoms with Crippen molar-refractivity contribution in [2.75, 3.05) is 0 Å². The van der Waals surface area contributed by atoms with E-state index in [9.17, 15) is 0 Å². The first-order chi connectivity index (χ1) is 13.8. The highest BCUT2D eigenvalue weighted by Gasteiger charge is 2.30. The van der Waals surface area contributed by atoms with Crippen LogP contribution in [0, 0.1) is 5.41 Å². The summed E-state index contributed by atoms with van der Waals surface area (Å²) < 4.78 is 21.2. The van der Waals surface area contributed by atoms with Crippen molar-refractivity contribution >= 4 is 11.6 Å². The first-order valence-electron chi connectivity index (χ1n) is 9.76. The van der Waals surface area contributed by atoms with Crippen molar-refractivity contribution in [3.63, 3.8) is 0 Å². The Kier molecular flexibility index (Phi) is 6.76. The molecule has 1 unspecified atom stereocenters. The van der Waals surface area contributed by atoms with Crippen molar-refractivity contribution < 1.29 is 9.13 Å². The molecule has 0 bridgehead atoms. The third-order valence-electron chi connectivity index (χ3n) is 4.76. The summed E-state index contributed by atoms with van der Waals surface area (Å²) in [5, 5.41) is 0.654. The van der Waals surface area contributed by atoms with E-state index in [0.717, 1.165) is 22.6 Å². The molecular formula is C26H26ClFO. The normalized spacial score (nSPS) is 13.2. The highest BCUT2D eigenvalue weighted by atomic mass is 35.5. The number of hydrogen-bond donors (Lipinski definition) is 0. The van der Waals surface area contributed by atoms with Gasteiger partial charge < -0.3 is 4.74 Å². The van der Waals surface area contributed by atoms with Gasteiger partial charge in [-0.1, -0.05) is 74.8 Å². The Hall–Kier alpha value is -2.58. The SMILES string of the molecule is CC(C)(C)C(C(F)=CCc1cccc(Oc2ccccc2)c1)c1ccc(Cl)cc1. The number of allylic oxidation sites excluding steroid dienone is 2. The van der Waals surface area contributed by atoms with Gasteiger partial charge in [0.2, 0.25) is 0 Å². The van der Waals surface area contributed by atoms with Crippen LogP contribution in [0.4, 0.5) is 4.39 Å². The molecule has 150 valence electrons. The van der Waals surface area contributed by atoms with Crippen LogP contribution in [0.1, 0.15) is 37.8 Å². The largest absolute Gasteiger partial charge is 0.457 e. The summed E-state index contributed by atoms with van der Waals surface area (Å²) in [6.07, 6.45) is 2.17. The van der Waals surface area contributed by atoms with Gasteiger partial charge in [0.25, 0.3) is 0 Å². The molecule has 0 aliphatic carbocycles. The summed E-state index contributed by atoms with van der Waals surface area (Å²) in [4.78, 5) is 0. The van der Waals surface area contributed by atoms with Crippen molar-refractivity contribution in [2.24, 2.45) is 5.41 Å². The standard InChI is InChI=1S/C26H26ClFO/c1-26(2,3)25(20-13-15-21(27)16-14-20)24(28)17-12-19-8-7-11-23(18-19)29-22-9-5-4-6-10-22/h4-11,13-18,25H,12H2,1-3H3. The minimum Gasteiger partial charge on any atom is -0.457 e. The van der Waals surface area contributed by atoms with Crippen LogP contribution < -0.4 is 4.74 Å². The van der Waals surface area contributed by atoms with Crippen LogP contribution in [0.2, 0.25) is 5.02 Å². The molecule has 0 heterocycles. The predicted octanol–water partition coefficient (Wildman–Crippen LogP) is 8.36. The number of benzene rings is 3. The summed E-state index contributed by atoms with van der Waals surface area (Å²) in [6, 6.07) is 24.8. The zero-order valence-corrected chi connectivity index (χ0v) is 17.8. The molecule has 3 heteroatoms. The average molecular weight is 409 g/mol. The molecule has 0 radical (unpaired) electrons. The summed E-state index contributed by atoms with van der Waals surface area (Å²) in [5.41, 5.74) is 1.67. The van der Waals surface area contributed by atoms with E-state index in [2.05, 4.69) is 0 Å². The molecule has 29 heavy (non-hydrogen) atoms. The van der Waals surface area contributed by atoms with Crippen LogP contribution in [0.3, 0.4) is 0 Å². The Morgan fingerprint density at radius 2 is 1.59 bits per heavy atom. The van der Waals surface area contributed by atoms with E-state index in [1.54, 1.807) is 6.08 Å². The molecule has 3 aromatic carbocycles. The monoisotopic (exact) mass is 408 g/mol. The first-order valence-corrected chi connectivity index (χ1v) is 10.1. The fourth-order valence-electron chi connectivity index (χ4n) is 3.42. The van der Waals surface area contributed by atoms with Gasteiger partial charge in [0.1, 0.15) is 17.3 Å². The van der Waals surface area contributed by atoms with Gasteiger partial charge in [-0.05, 0) is 65.4 Å². The van der Waals surface area contributed by atoms with Crippen LogP contribution in [0.5, 0.6) is 11.5 Å². The first kappa shape index (κ1) is 21.1. The minimum atomic E-state index is -0.330. The summed E-state index contributed by atoms with van der Waals surface area (Å²) in [7, 11) is 0. The topological polar surface area (TPSA) is 9.23 Å². The number of ether oxygens (including phenoxy) is 1. The van der Waals surface area contributed by atoms with Gasteiger partial charge in [-0.2, -0.15) is 0 Å². The van der Waals surface area contributed by atoms with Crippen LogP contribution in [0.15, 0.2) is 90.8 Å². The molecule has 0 spiro atoms. The van der Waals surface area contributed by atoms with E-state index < -0.39 is 0 Å². The van der Waals surface area contributed by atoms with Gasteiger partial charge in [0.05, 0.1) is 0 Å². The number of para-hydroxylation sites is 1. The second kappa shape index (κ2) is 9.28. The maximum Gasteiger partial charge on any atom is 0.127 e. The van der Waals surface area contributed by atoms with Crippen LogP contribution in [-0.4, -0.2) is 0 Å². The third kappa shape index (κ3) is 5.95. The molecular weight excluding hydrogens is 383 g/mol. The second-order valence-electron chi connectivity index (χ2n) is 8.21. The van der Waals surface area contributed by atoms with Gasteiger partial charge in [0.15, 0.2) is 0 Å². The predicted molar refractivity (Wildman–Crippen MR) is 120 cm³/mol. The molecule has 0 fully saturated rings. The zero-order chi connectivity index (χ0) is 20.9. The summed E-state index contributed by atoms with van der Waals surface area (Å²) in [6.45, 7) is 6.15. The quantitative estimate of drug-likeness (QED) is 0.398. The van der Waals surface area contributed by atoms with E-state index in [1.165, 1.54) is 0 Å². The van der Waals surface area contributed by atoms with Crippen molar-refractivity contribution in [3.8, 4) is 11.5 Å². The van der Waals surface area contributed by atoms with Gasteiger partial charge >= 0.3 is 0 Å². The lowest BCUT2D eigenvalue weighted by Crippen LogP contribution is -2.19. The minimum absolute atomic E-state index is 0.130. The lowest BCUT2D eigenvalue weighted by Gasteiger charge is -2.30. The molecule has 0 aliphatic heterocycles. The number of hydrogen-bond acceptors (Lipinski definition) is 1. The van der Waals surface area contributed by atoms with Gasteiger partial charge in [-0.3, -0.25) is 0 Å². The average Bonchev–Trinajstić information content (AvgIpc) is 2.68. The molecule has 1 atom stereocenters. The number of rotatable bonds is 6. The maximum absolute atomic E-state index is 15.3. The highest BCUT2D eigenvalue weighted by Crippen LogP contribution is 2.41. The lowest BCUT2D eigenvalue weighted by atomic mass is 9.75. The Morgan fingerprint density at radius 1 is 0.931 bits per heavy atom. The van der Waals surface area contributed by atoms with E-state index in [0.29, 0.717) is 11.4 Å². The Balaban J connectivity index is 1.78. The summed E-state index contributed by atoms with van der Waals surface area (Å²) in [5.74, 6) is 1.06. The molecule has 1 nitrogen and oxygen atoms in total. The Labute approximate surface area is 177 Å². The molecule has 0 aromatic heterocycles. The van der Waals surface area contributed by atoms with Crippen molar-refractivity contribution in [2.45, 2.75) is 33.1 Å². The van der Waals surface area contributed by atoms with E-state index in [4.69, 9.17) is 16.3 Å². The molecule has 0 aliphatic rings. The van der Waals surface area contributed by atoms with Crippen molar-refractivity contribution in [1.82, 2.24) is 0 Å². The highest BCUT2D eigenvalue weighted by molar-refractivity contribution is 6.30. The number of halogens is 2. The van der Waals surface area contributed by atoms with Gasteiger partial charge in [0, 0.05) is 10.9 Å². The lowest BCUT2D eigenvalue weighted by molar-refractivity contribution is 0.314.